The first-order chi connectivity index (χ1) is 20.2. The third-order valence-electron chi connectivity index (χ3n) is 6.01. The highest BCUT2D eigenvalue weighted by atomic mass is 16.7. The minimum Gasteiger partial charge on any atom is -0.493 e. The van der Waals surface area contributed by atoms with Crippen LogP contribution < -0.4 is 14.2 Å². The van der Waals surface area contributed by atoms with Gasteiger partial charge in [-0.15, -0.1) is 13.2 Å². The van der Waals surface area contributed by atoms with Gasteiger partial charge in [0.1, 0.15) is 17.2 Å². The predicted octanol–water partition coefficient (Wildman–Crippen LogP) is 7.29. The molecule has 0 atom stereocenters. The molecule has 0 amide bonds. The van der Waals surface area contributed by atoms with Crippen molar-refractivity contribution in [3.8, 4) is 17.2 Å². The van der Waals surface area contributed by atoms with Gasteiger partial charge in [0, 0.05) is 5.56 Å². The molecule has 0 fully saturated rings. The van der Waals surface area contributed by atoms with E-state index in [2.05, 4.69) is 13.2 Å². The van der Waals surface area contributed by atoms with E-state index in [1.165, 1.54) is 6.08 Å². The highest BCUT2D eigenvalue weighted by molar-refractivity contribution is 6.07. The van der Waals surface area contributed by atoms with Crippen molar-refractivity contribution in [1.82, 2.24) is 0 Å². The van der Waals surface area contributed by atoms with Gasteiger partial charge in [0.25, 0.3) is 0 Å². The number of hydrogen-bond donors (Lipinski definition) is 0. The van der Waals surface area contributed by atoms with Crippen molar-refractivity contribution in [2.24, 2.45) is 10.8 Å². The van der Waals surface area contributed by atoms with Crippen LogP contribution in [0.15, 0.2) is 61.7 Å². The van der Waals surface area contributed by atoms with Crippen LogP contribution in [0.4, 0.5) is 0 Å². The van der Waals surface area contributed by atoms with Gasteiger partial charge in [-0.3, -0.25) is 14.4 Å². The average molecular weight is 593 g/mol. The fourth-order valence-electron chi connectivity index (χ4n) is 3.74. The predicted molar refractivity (Wildman–Crippen MR) is 167 cm³/mol. The molecule has 0 spiro atoms. The first kappa shape index (κ1) is 34.9. The fraction of sp³-hybridized carbons (Fsp3) is 0.400. The van der Waals surface area contributed by atoms with E-state index in [-0.39, 0.29) is 25.3 Å². The zero-order chi connectivity index (χ0) is 32.2. The van der Waals surface area contributed by atoms with Gasteiger partial charge < -0.3 is 23.7 Å². The highest BCUT2D eigenvalue weighted by Crippen LogP contribution is 2.38. The quantitative estimate of drug-likeness (QED) is 0.0699. The molecule has 8 heteroatoms. The van der Waals surface area contributed by atoms with Crippen LogP contribution in [0.1, 0.15) is 75.5 Å². The van der Waals surface area contributed by atoms with Crippen LogP contribution in [0.2, 0.25) is 0 Å². The number of benzene rings is 2. The molecule has 0 saturated heterocycles. The van der Waals surface area contributed by atoms with Gasteiger partial charge in [-0.25, -0.2) is 0 Å². The lowest BCUT2D eigenvalue weighted by atomic mass is 9.97. The van der Waals surface area contributed by atoms with Crippen LogP contribution in [0.25, 0.3) is 6.08 Å². The second-order valence-electron chi connectivity index (χ2n) is 11.8. The van der Waals surface area contributed by atoms with Gasteiger partial charge in [0.2, 0.25) is 13.6 Å². The zero-order valence-electron chi connectivity index (χ0n) is 26.4. The Hall–Kier alpha value is -4.33. The molecular formula is C35H44O8. The molecule has 0 unspecified atom stereocenters. The van der Waals surface area contributed by atoms with Gasteiger partial charge in [-0.05, 0) is 115 Å². The lowest BCUT2D eigenvalue weighted by Gasteiger charge is -2.21. The normalized spacial score (nSPS) is 11.5. The number of hydrogen-bond acceptors (Lipinski definition) is 8. The summed E-state index contributed by atoms with van der Waals surface area (Å²) >= 11 is 0. The molecule has 0 heterocycles. The maximum Gasteiger partial charge on any atom is 0.314 e. The Labute approximate surface area is 255 Å². The molecule has 0 aliphatic heterocycles. The Bertz CT molecular complexity index is 1320. The topological polar surface area (TPSA) is 97.4 Å². The molecule has 0 saturated carbocycles. The Kier molecular flexibility index (Phi) is 12.8. The van der Waals surface area contributed by atoms with Gasteiger partial charge in [0.05, 0.1) is 23.0 Å². The van der Waals surface area contributed by atoms with Gasteiger partial charge in [-0.2, -0.15) is 0 Å². The Balaban J connectivity index is 2.38. The Morgan fingerprint density at radius 3 is 1.70 bits per heavy atom. The van der Waals surface area contributed by atoms with Crippen molar-refractivity contribution in [2.45, 2.75) is 61.3 Å². The summed E-state index contributed by atoms with van der Waals surface area (Å²) < 4.78 is 28.0. The number of esters is 2. The number of carbonyl (C=O) groups is 3. The van der Waals surface area contributed by atoms with E-state index < -0.39 is 16.8 Å². The number of carbonyl (C=O) groups excluding carboxylic acids is 3. The van der Waals surface area contributed by atoms with Gasteiger partial charge in [-0.1, -0.05) is 12.2 Å². The Morgan fingerprint density at radius 2 is 1.23 bits per heavy atom. The van der Waals surface area contributed by atoms with Crippen molar-refractivity contribution in [3.05, 3.63) is 84.0 Å². The van der Waals surface area contributed by atoms with E-state index in [4.69, 9.17) is 23.7 Å². The first-order valence-corrected chi connectivity index (χ1v) is 14.2. The number of ether oxygens (including phenoxy) is 5. The summed E-state index contributed by atoms with van der Waals surface area (Å²) in [6.07, 6.45) is 7.59. The zero-order valence-corrected chi connectivity index (χ0v) is 26.4. The van der Waals surface area contributed by atoms with Crippen molar-refractivity contribution < 1.29 is 38.1 Å². The van der Waals surface area contributed by atoms with E-state index in [0.29, 0.717) is 47.8 Å². The van der Waals surface area contributed by atoms with E-state index >= 15 is 0 Å². The Morgan fingerprint density at radius 1 is 0.744 bits per heavy atom. The lowest BCUT2D eigenvalue weighted by molar-refractivity contribution is -0.160. The van der Waals surface area contributed by atoms with Gasteiger partial charge in [0.15, 0.2) is 5.78 Å². The van der Waals surface area contributed by atoms with Crippen LogP contribution in [-0.2, 0) is 31.9 Å². The number of rotatable bonds is 15. The molecule has 0 N–H and O–H groups in total. The molecule has 232 valence electrons. The number of ketones is 1. The van der Waals surface area contributed by atoms with Crippen molar-refractivity contribution in [2.75, 3.05) is 20.2 Å². The van der Waals surface area contributed by atoms with E-state index in [0.717, 1.165) is 11.1 Å². The van der Waals surface area contributed by atoms with Crippen molar-refractivity contribution in [1.29, 1.82) is 0 Å². The molecule has 8 nitrogen and oxygen atoms in total. The van der Waals surface area contributed by atoms with Crippen molar-refractivity contribution >= 4 is 23.8 Å². The van der Waals surface area contributed by atoms with Crippen LogP contribution in [0, 0.1) is 10.8 Å². The molecule has 2 aromatic rings. The largest absolute Gasteiger partial charge is 0.493 e. The van der Waals surface area contributed by atoms with Crippen LogP contribution in [-0.4, -0.2) is 37.9 Å². The van der Waals surface area contributed by atoms with Crippen LogP contribution in [0.5, 0.6) is 17.2 Å². The maximum atomic E-state index is 13.2. The molecule has 43 heavy (non-hydrogen) atoms. The second-order valence-corrected chi connectivity index (χ2v) is 11.8. The second kappa shape index (κ2) is 15.8. The minimum absolute atomic E-state index is 0.231. The standard InChI is InChI=1S/C35H44O8/c1-10-13-25-21-26(14-11-2)31(41-23-43-33(38)35(7,8)9)28(30(25)39-12-3)19-20-29(36)24-15-17-27(18-16-24)40-22-42-32(37)34(4,5)6/h10-11,15-21H,1-2,12-14,22-23H2,3-9H3/b20-19+. The van der Waals surface area contributed by atoms with Crippen molar-refractivity contribution in [3.63, 3.8) is 0 Å². The summed E-state index contributed by atoms with van der Waals surface area (Å²) in [6.45, 7) is 20.0. The van der Waals surface area contributed by atoms with E-state index in [1.807, 2.05) is 13.0 Å². The molecule has 0 radical (unpaired) electrons. The minimum atomic E-state index is -0.690. The third kappa shape index (κ3) is 10.5. The highest BCUT2D eigenvalue weighted by Gasteiger charge is 2.25. The third-order valence-corrected chi connectivity index (χ3v) is 6.01. The molecule has 0 bridgehead atoms. The summed E-state index contributed by atoms with van der Waals surface area (Å²) in [5, 5.41) is 0. The molecular weight excluding hydrogens is 548 g/mol. The van der Waals surface area contributed by atoms with E-state index in [9.17, 15) is 14.4 Å². The summed E-state index contributed by atoms with van der Waals surface area (Å²) in [5.41, 5.74) is 1.30. The molecule has 0 aromatic heterocycles. The smallest absolute Gasteiger partial charge is 0.314 e. The molecule has 2 rings (SSSR count). The molecule has 2 aromatic carbocycles. The molecule has 0 aliphatic carbocycles. The van der Waals surface area contributed by atoms with Gasteiger partial charge >= 0.3 is 11.9 Å². The van der Waals surface area contributed by atoms with Crippen LogP contribution >= 0.6 is 0 Å². The number of allylic oxidation sites excluding steroid dienone is 3. The van der Waals surface area contributed by atoms with Crippen LogP contribution in [0.3, 0.4) is 0 Å². The summed E-state index contributed by atoms with van der Waals surface area (Å²) in [4.78, 5) is 37.4. The first-order valence-electron chi connectivity index (χ1n) is 14.2. The SMILES string of the molecule is C=CCc1cc(CC=C)c(OCOC(=O)C(C)(C)C)c(/C=C/C(=O)c2ccc(OCOC(=O)C(C)(C)C)cc2)c1OCC. The van der Waals surface area contributed by atoms with E-state index in [1.54, 1.807) is 84.0 Å². The molecule has 0 aliphatic rings. The lowest BCUT2D eigenvalue weighted by Crippen LogP contribution is -2.25. The summed E-state index contributed by atoms with van der Waals surface area (Å²) in [5.74, 6) is 0.378. The monoisotopic (exact) mass is 592 g/mol. The average Bonchev–Trinajstić information content (AvgIpc) is 2.93. The fourth-order valence-corrected chi connectivity index (χ4v) is 3.74. The summed E-state index contributed by atoms with van der Waals surface area (Å²) in [7, 11) is 0. The summed E-state index contributed by atoms with van der Waals surface area (Å²) in [6, 6.07) is 8.45. The maximum absolute atomic E-state index is 13.2.